The molecule has 8 nitrogen and oxygen atoms in total. The zero-order valence-electron chi connectivity index (χ0n) is 22.3. The van der Waals surface area contributed by atoms with Gasteiger partial charge in [0, 0.05) is 37.3 Å². The van der Waals surface area contributed by atoms with E-state index in [0.29, 0.717) is 38.2 Å². The molecule has 1 fully saturated rings. The van der Waals surface area contributed by atoms with E-state index in [4.69, 9.17) is 10.5 Å². The van der Waals surface area contributed by atoms with Crippen molar-refractivity contribution < 1.29 is 14.3 Å². The minimum absolute atomic E-state index is 0.0396. The third kappa shape index (κ3) is 4.82. The molecule has 1 aliphatic heterocycles. The molecule has 2 atom stereocenters. The van der Waals surface area contributed by atoms with Gasteiger partial charge in [-0.05, 0) is 42.9 Å². The first kappa shape index (κ1) is 25.7. The molecule has 2 aromatic heterocycles. The predicted octanol–water partition coefficient (Wildman–Crippen LogP) is 3.30. The van der Waals surface area contributed by atoms with Crippen molar-refractivity contribution in [3.63, 3.8) is 0 Å². The number of pyridine rings is 1. The topological polar surface area (TPSA) is 103 Å². The van der Waals surface area contributed by atoms with Crippen molar-refractivity contribution >= 4 is 11.8 Å². The van der Waals surface area contributed by atoms with E-state index in [9.17, 15) is 9.59 Å². The lowest BCUT2D eigenvalue weighted by molar-refractivity contribution is -0.131. The van der Waals surface area contributed by atoms with Crippen LogP contribution in [-0.4, -0.2) is 51.2 Å². The third-order valence-electron chi connectivity index (χ3n) is 7.71. The second-order valence-electron chi connectivity index (χ2n) is 11.2. The van der Waals surface area contributed by atoms with Crippen LogP contribution in [0.2, 0.25) is 0 Å². The van der Waals surface area contributed by atoms with Crippen LogP contribution in [-0.2, 0) is 29.0 Å². The Labute approximate surface area is 223 Å². The van der Waals surface area contributed by atoms with Crippen LogP contribution in [0, 0.1) is 22.7 Å². The number of likely N-dealkylation sites (tertiary alicyclic amines) is 1. The molecule has 3 aromatic rings. The summed E-state index contributed by atoms with van der Waals surface area (Å²) in [6.45, 7) is 7.41. The molecule has 0 spiro atoms. The molecule has 196 valence electrons. The molecule has 2 amide bonds. The molecule has 1 saturated heterocycles. The van der Waals surface area contributed by atoms with Gasteiger partial charge in [0.25, 0.3) is 5.91 Å². The van der Waals surface area contributed by atoms with Crippen LogP contribution >= 0.6 is 0 Å². The number of ether oxygens (including phenoxy) is 1. The van der Waals surface area contributed by atoms with Crippen LogP contribution in [0.4, 0.5) is 0 Å². The Morgan fingerprint density at radius 1 is 1.21 bits per heavy atom. The lowest BCUT2D eigenvalue weighted by Gasteiger charge is -2.38. The Balaban J connectivity index is 1.46. The molecule has 2 aliphatic rings. The number of hydrogen-bond acceptors (Lipinski definition) is 5. The number of carbonyl (C=O) groups is 2. The van der Waals surface area contributed by atoms with Crippen LogP contribution in [0.5, 0.6) is 0 Å². The van der Waals surface area contributed by atoms with E-state index in [1.807, 2.05) is 49.4 Å². The third-order valence-corrected chi connectivity index (χ3v) is 7.71. The van der Waals surface area contributed by atoms with E-state index in [0.717, 1.165) is 22.4 Å². The van der Waals surface area contributed by atoms with Crippen molar-refractivity contribution in [3.05, 3.63) is 76.7 Å². The minimum atomic E-state index is -0.693. The van der Waals surface area contributed by atoms with Crippen LogP contribution in [0.25, 0.3) is 5.82 Å². The number of carbonyl (C=O) groups excluding carboxylic acids is 2. The molecule has 1 aromatic carbocycles. The summed E-state index contributed by atoms with van der Waals surface area (Å²) in [7, 11) is 1.80. The first-order valence-corrected chi connectivity index (χ1v) is 12.9. The van der Waals surface area contributed by atoms with Gasteiger partial charge in [-0.25, -0.2) is 9.67 Å². The Bertz CT molecular complexity index is 1450. The SMILES string of the molecule is CN1CC[C@@](C)(C#Cc2ccnc(-n3nc(C(N)=O)c4c3CC(C)(C)[C@H](OCc3ccccc3)C4)c2)C1=O. The van der Waals surface area contributed by atoms with Gasteiger partial charge in [-0.15, -0.1) is 0 Å². The minimum Gasteiger partial charge on any atom is -0.373 e. The molecular formula is C30H33N5O3. The Morgan fingerprint density at radius 3 is 2.66 bits per heavy atom. The van der Waals surface area contributed by atoms with Crippen LogP contribution in [0.15, 0.2) is 48.7 Å². The molecule has 0 saturated carbocycles. The highest BCUT2D eigenvalue weighted by molar-refractivity contribution is 5.92. The van der Waals surface area contributed by atoms with Gasteiger partial charge in [-0.3, -0.25) is 9.59 Å². The van der Waals surface area contributed by atoms with Crippen LogP contribution in [0.3, 0.4) is 0 Å². The quantitative estimate of drug-likeness (QED) is 0.530. The van der Waals surface area contributed by atoms with Crippen molar-refractivity contribution in [2.75, 3.05) is 13.6 Å². The van der Waals surface area contributed by atoms with Crippen LogP contribution in [0.1, 0.15) is 60.1 Å². The van der Waals surface area contributed by atoms with Crippen molar-refractivity contribution in [2.45, 2.75) is 52.7 Å². The summed E-state index contributed by atoms with van der Waals surface area (Å²) in [6.07, 6.45) is 3.42. The van der Waals surface area contributed by atoms with Gasteiger partial charge in [0.1, 0.15) is 5.41 Å². The summed E-state index contributed by atoms with van der Waals surface area (Å²) in [5.41, 5.74) is 8.63. The lowest BCUT2D eigenvalue weighted by Crippen LogP contribution is -2.40. The number of nitrogens with two attached hydrogens (primary N) is 1. The Kier molecular flexibility index (Phi) is 6.58. The molecule has 1 aliphatic carbocycles. The second-order valence-corrected chi connectivity index (χ2v) is 11.2. The average molecular weight is 512 g/mol. The fourth-order valence-electron chi connectivity index (χ4n) is 5.29. The molecule has 8 heteroatoms. The first-order chi connectivity index (χ1) is 18.1. The molecule has 3 heterocycles. The predicted molar refractivity (Wildman–Crippen MR) is 143 cm³/mol. The van der Waals surface area contributed by atoms with Gasteiger partial charge in [0.2, 0.25) is 5.91 Å². The highest BCUT2D eigenvalue weighted by Gasteiger charge is 2.41. The summed E-state index contributed by atoms with van der Waals surface area (Å²) >= 11 is 0. The number of aromatic nitrogens is 3. The molecule has 5 rings (SSSR count). The zero-order chi connectivity index (χ0) is 27.1. The summed E-state index contributed by atoms with van der Waals surface area (Å²) in [5.74, 6) is 6.36. The number of hydrogen-bond donors (Lipinski definition) is 1. The fraction of sp³-hybridized carbons (Fsp3) is 0.400. The maximum atomic E-state index is 12.5. The highest BCUT2D eigenvalue weighted by atomic mass is 16.5. The lowest BCUT2D eigenvalue weighted by atomic mass is 9.73. The first-order valence-electron chi connectivity index (χ1n) is 12.9. The van der Waals surface area contributed by atoms with Gasteiger partial charge in [0.15, 0.2) is 11.5 Å². The van der Waals surface area contributed by atoms with Crippen molar-refractivity contribution in [1.29, 1.82) is 0 Å². The van der Waals surface area contributed by atoms with Crippen molar-refractivity contribution in [1.82, 2.24) is 19.7 Å². The normalized spacial score (nSPS) is 22.1. The summed E-state index contributed by atoms with van der Waals surface area (Å²) in [6, 6.07) is 13.7. The number of fused-ring (bicyclic) bond motifs is 1. The average Bonchev–Trinajstić information content (AvgIpc) is 3.38. The number of benzene rings is 1. The molecule has 0 unspecified atom stereocenters. The maximum absolute atomic E-state index is 12.5. The standard InChI is InChI=1S/C30H33N5O3/c1-29(2)18-23-22(17-24(29)38-19-21-8-6-5-7-9-21)26(27(31)36)33-35(23)25-16-20(11-14-32-25)10-12-30(3)13-15-34(4)28(30)37/h5-9,11,14,16,24H,13,15,17-19H2,1-4H3,(H2,31,36)/t24-,30-/m1/s1. The number of amides is 2. The van der Waals surface area contributed by atoms with Gasteiger partial charge in [-0.2, -0.15) is 5.10 Å². The number of nitrogens with zero attached hydrogens (tertiary/aromatic N) is 4. The van der Waals surface area contributed by atoms with E-state index < -0.39 is 11.3 Å². The van der Waals surface area contributed by atoms with E-state index in [1.165, 1.54) is 0 Å². The molecule has 2 N–H and O–H groups in total. The Hall–Kier alpha value is -3.96. The largest absolute Gasteiger partial charge is 0.373 e. The number of rotatable bonds is 5. The molecule has 0 bridgehead atoms. The summed E-state index contributed by atoms with van der Waals surface area (Å²) in [4.78, 5) is 31.2. The van der Waals surface area contributed by atoms with Gasteiger partial charge in [-0.1, -0.05) is 56.0 Å². The van der Waals surface area contributed by atoms with Gasteiger partial charge in [0.05, 0.1) is 18.4 Å². The van der Waals surface area contributed by atoms with Crippen molar-refractivity contribution in [2.24, 2.45) is 16.6 Å². The van der Waals surface area contributed by atoms with E-state index >= 15 is 0 Å². The van der Waals surface area contributed by atoms with E-state index in [2.05, 4.69) is 35.8 Å². The monoisotopic (exact) mass is 511 g/mol. The fourth-order valence-corrected chi connectivity index (χ4v) is 5.29. The molecule has 0 radical (unpaired) electrons. The molecular weight excluding hydrogens is 478 g/mol. The summed E-state index contributed by atoms with van der Waals surface area (Å²) in [5, 5.41) is 4.61. The smallest absolute Gasteiger partial charge is 0.269 e. The van der Waals surface area contributed by atoms with Crippen LogP contribution < -0.4 is 5.73 Å². The second kappa shape index (κ2) is 9.73. The summed E-state index contributed by atoms with van der Waals surface area (Å²) < 4.78 is 8.08. The van der Waals surface area contributed by atoms with E-state index in [1.54, 1.807) is 22.8 Å². The van der Waals surface area contributed by atoms with Gasteiger partial charge >= 0.3 is 0 Å². The highest BCUT2D eigenvalue weighted by Crippen LogP contribution is 2.39. The van der Waals surface area contributed by atoms with E-state index in [-0.39, 0.29) is 23.1 Å². The molecule has 38 heavy (non-hydrogen) atoms. The number of primary amides is 1. The van der Waals surface area contributed by atoms with Crippen molar-refractivity contribution in [3.8, 4) is 17.7 Å². The zero-order valence-corrected chi connectivity index (χ0v) is 22.3. The Morgan fingerprint density at radius 2 is 1.97 bits per heavy atom. The maximum Gasteiger partial charge on any atom is 0.269 e. The van der Waals surface area contributed by atoms with Gasteiger partial charge < -0.3 is 15.4 Å².